The molecule has 0 aliphatic rings. The number of ether oxygens (including phenoxy) is 1. The van der Waals surface area contributed by atoms with E-state index in [-0.39, 0.29) is 18.6 Å². The van der Waals surface area contributed by atoms with Crippen molar-refractivity contribution in [3.05, 3.63) is 18.2 Å². The number of carbonyl (C=O) groups is 1. The van der Waals surface area contributed by atoms with Gasteiger partial charge in [0.05, 0.1) is 24.0 Å². The highest BCUT2D eigenvalue weighted by Gasteiger charge is 2.10. The maximum atomic E-state index is 11.7. The number of likely N-dealkylation sites (N-methyl/N-ethyl adjacent to an activating group) is 1. The number of nitrogen functional groups attached to an aromatic ring is 1. The number of nitrogens with one attached hydrogen (secondary N) is 1. The molecule has 0 radical (unpaired) electrons. The fourth-order valence-electron chi connectivity index (χ4n) is 1.54. The molecule has 0 aliphatic heterocycles. The number of anilines is 2. The number of nitrogens with two attached hydrogens (primary N) is 1. The lowest BCUT2D eigenvalue weighted by Gasteiger charge is -2.18. The Morgan fingerprint density at radius 1 is 1.47 bits per heavy atom. The van der Waals surface area contributed by atoms with E-state index in [9.17, 15) is 4.79 Å². The van der Waals surface area contributed by atoms with Crippen molar-refractivity contribution in [2.45, 2.75) is 26.9 Å². The van der Waals surface area contributed by atoms with Crippen molar-refractivity contribution in [2.75, 3.05) is 31.2 Å². The molecule has 19 heavy (non-hydrogen) atoms. The first-order chi connectivity index (χ1) is 8.95. The molecule has 1 rings (SSSR count). The zero-order valence-corrected chi connectivity index (χ0v) is 12.1. The highest BCUT2D eigenvalue weighted by molar-refractivity contribution is 5.83. The number of para-hydroxylation sites is 1. The molecule has 0 saturated heterocycles. The zero-order chi connectivity index (χ0) is 14.4. The van der Waals surface area contributed by atoms with Crippen LogP contribution >= 0.6 is 0 Å². The van der Waals surface area contributed by atoms with Crippen LogP contribution in [-0.4, -0.2) is 37.0 Å². The van der Waals surface area contributed by atoms with Crippen LogP contribution in [0.2, 0.25) is 0 Å². The van der Waals surface area contributed by atoms with Crippen LogP contribution in [0.1, 0.15) is 20.8 Å². The van der Waals surface area contributed by atoms with Gasteiger partial charge in [-0.25, -0.2) is 0 Å². The largest absolute Gasteiger partial charge is 0.489 e. The molecule has 5 heteroatoms. The van der Waals surface area contributed by atoms with Gasteiger partial charge in [0.15, 0.2) is 0 Å². The molecule has 0 unspecified atom stereocenters. The zero-order valence-electron chi connectivity index (χ0n) is 12.1. The maximum absolute atomic E-state index is 11.7. The maximum Gasteiger partial charge on any atom is 0.241 e. The van der Waals surface area contributed by atoms with E-state index in [1.807, 2.05) is 39.0 Å². The predicted molar refractivity (Wildman–Crippen MR) is 78.4 cm³/mol. The Morgan fingerprint density at radius 2 is 2.16 bits per heavy atom. The van der Waals surface area contributed by atoms with Gasteiger partial charge >= 0.3 is 0 Å². The van der Waals surface area contributed by atoms with Crippen LogP contribution in [-0.2, 0) is 4.79 Å². The van der Waals surface area contributed by atoms with E-state index in [1.165, 1.54) is 0 Å². The number of rotatable bonds is 6. The summed E-state index contributed by atoms with van der Waals surface area (Å²) >= 11 is 0. The van der Waals surface area contributed by atoms with Gasteiger partial charge in [0.1, 0.15) is 5.75 Å². The Hall–Kier alpha value is -1.91. The van der Waals surface area contributed by atoms with E-state index >= 15 is 0 Å². The monoisotopic (exact) mass is 265 g/mol. The molecular weight excluding hydrogens is 242 g/mol. The lowest BCUT2D eigenvalue weighted by Crippen LogP contribution is -2.32. The second kappa shape index (κ2) is 6.87. The fraction of sp³-hybridized carbons (Fsp3) is 0.500. The minimum absolute atomic E-state index is 0.0251. The third-order valence-corrected chi connectivity index (χ3v) is 2.76. The van der Waals surface area contributed by atoms with Gasteiger partial charge < -0.3 is 20.7 Å². The quantitative estimate of drug-likeness (QED) is 0.771. The number of benzene rings is 1. The third kappa shape index (κ3) is 4.35. The molecule has 0 atom stereocenters. The van der Waals surface area contributed by atoms with Crippen molar-refractivity contribution in [1.82, 2.24) is 4.90 Å². The van der Waals surface area contributed by atoms with Gasteiger partial charge in [0, 0.05) is 13.6 Å². The summed E-state index contributed by atoms with van der Waals surface area (Å²) in [5.41, 5.74) is 7.26. The molecule has 0 aliphatic carbocycles. The summed E-state index contributed by atoms with van der Waals surface area (Å²) in [6.07, 6.45) is 0.0606. The minimum atomic E-state index is 0.0251. The molecule has 0 aromatic heterocycles. The van der Waals surface area contributed by atoms with Crippen molar-refractivity contribution in [1.29, 1.82) is 0 Å². The first-order valence-electron chi connectivity index (χ1n) is 6.48. The van der Waals surface area contributed by atoms with Gasteiger partial charge in [0.2, 0.25) is 5.91 Å². The van der Waals surface area contributed by atoms with Gasteiger partial charge in [0.25, 0.3) is 0 Å². The van der Waals surface area contributed by atoms with Crippen molar-refractivity contribution < 1.29 is 9.53 Å². The van der Waals surface area contributed by atoms with Crippen LogP contribution in [0, 0.1) is 0 Å². The fourth-order valence-corrected chi connectivity index (χ4v) is 1.54. The Balaban J connectivity index is 2.71. The topological polar surface area (TPSA) is 67.6 Å². The number of hydrogen-bond acceptors (Lipinski definition) is 4. The minimum Gasteiger partial charge on any atom is -0.489 e. The lowest BCUT2D eigenvalue weighted by atomic mass is 10.2. The normalized spacial score (nSPS) is 10.4. The Morgan fingerprint density at radius 3 is 2.74 bits per heavy atom. The molecule has 106 valence electrons. The standard InChI is InChI=1S/C14H23N3O2/c1-5-17(4)13(18)9-16-11-7-6-8-12(14(11)15)19-10(2)3/h6-8,10,16H,5,9,15H2,1-4H3. The summed E-state index contributed by atoms with van der Waals surface area (Å²) in [5.74, 6) is 0.661. The number of amides is 1. The van der Waals surface area contributed by atoms with E-state index < -0.39 is 0 Å². The summed E-state index contributed by atoms with van der Waals surface area (Å²) in [5, 5.41) is 3.05. The number of carbonyl (C=O) groups excluding carboxylic acids is 1. The molecule has 0 fully saturated rings. The molecule has 0 heterocycles. The average molecular weight is 265 g/mol. The van der Waals surface area contributed by atoms with Gasteiger partial charge in [-0.2, -0.15) is 0 Å². The third-order valence-electron chi connectivity index (χ3n) is 2.76. The van der Waals surface area contributed by atoms with Crippen LogP contribution < -0.4 is 15.8 Å². The molecule has 0 bridgehead atoms. The average Bonchev–Trinajstić information content (AvgIpc) is 2.38. The van der Waals surface area contributed by atoms with E-state index in [4.69, 9.17) is 10.5 Å². The van der Waals surface area contributed by atoms with E-state index in [2.05, 4.69) is 5.32 Å². The highest BCUT2D eigenvalue weighted by atomic mass is 16.5. The lowest BCUT2D eigenvalue weighted by molar-refractivity contribution is -0.127. The Labute approximate surface area is 114 Å². The van der Waals surface area contributed by atoms with Crippen LogP contribution in [0.25, 0.3) is 0 Å². The molecule has 0 spiro atoms. The second-order valence-electron chi connectivity index (χ2n) is 4.65. The van der Waals surface area contributed by atoms with E-state index in [0.717, 1.165) is 5.69 Å². The first-order valence-corrected chi connectivity index (χ1v) is 6.48. The van der Waals surface area contributed by atoms with E-state index in [0.29, 0.717) is 18.0 Å². The van der Waals surface area contributed by atoms with Crippen molar-refractivity contribution in [3.8, 4) is 5.75 Å². The number of hydrogen-bond donors (Lipinski definition) is 2. The van der Waals surface area contributed by atoms with Crippen molar-refractivity contribution in [2.24, 2.45) is 0 Å². The Bertz CT molecular complexity index is 433. The molecular formula is C14H23N3O2. The van der Waals surface area contributed by atoms with Gasteiger partial charge in [-0.1, -0.05) is 6.07 Å². The van der Waals surface area contributed by atoms with Crippen LogP contribution in [0.4, 0.5) is 11.4 Å². The number of nitrogens with zero attached hydrogens (tertiary/aromatic N) is 1. The van der Waals surface area contributed by atoms with Crippen LogP contribution in [0.15, 0.2) is 18.2 Å². The Kier molecular flexibility index (Phi) is 5.48. The van der Waals surface area contributed by atoms with Crippen LogP contribution in [0.5, 0.6) is 5.75 Å². The summed E-state index contributed by atoms with van der Waals surface area (Å²) < 4.78 is 5.60. The first kappa shape index (κ1) is 15.1. The summed E-state index contributed by atoms with van der Waals surface area (Å²) in [6, 6.07) is 5.51. The van der Waals surface area contributed by atoms with Gasteiger partial charge in [-0.3, -0.25) is 4.79 Å². The molecule has 3 N–H and O–H groups in total. The highest BCUT2D eigenvalue weighted by Crippen LogP contribution is 2.29. The van der Waals surface area contributed by atoms with Gasteiger partial charge in [-0.05, 0) is 32.9 Å². The second-order valence-corrected chi connectivity index (χ2v) is 4.65. The van der Waals surface area contributed by atoms with Gasteiger partial charge in [-0.15, -0.1) is 0 Å². The van der Waals surface area contributed by atoms with Crippen LogP contribution in [0.3, 0.4) is 0 Å². The smallest absolute Gasteiger partial charge is 0.241 e. The molecule has 1 aromatic rings. The molecule has 0 saturated carbocycles. The summed E-state index contributed by atoms with van der Waals surface area (Å²) in [4.78, 5) is 13.4. The summed E-state index contributed by atoms with van der Waals surface area (Å²) in [7, 11) is 1.77. The SMILES string of the molecule is CCN(C)C(=O)CNc1cccc(OC(C)C)c1N. The summed E-state index contributed by atoms with van der Waals surface area (Å²) in [6.45, 7) is 6.73. The molecule has 1 amide bonds. The molecule has 5 nitrogen and oxygen atoms in total. The van der Waals surface area contributed by atoms with Crippen molar-refractivity contribution >= 4 is 17.3 Å². The van der Waals surface area contributed by atoms with E-state index in [1.54, 1.807) is 11.9 Å². The molecule has 1 aromatic carbocycles. The van der Waals surface area contributed by atoms with Crippen molar-refractivity contribution in [3.63, 3.8) is 0 Å². The predicted octanol–water partition coefficient (Wildman–Crippen LogP) is 1.95.